The SMILES string of the molecule is CC(=O)SC(C(=O)O)n1c(O)ccc1O. The summed E-state index contributed by atoms with van der Waals surface area (Å²) in [4.78, 5) is 21.6. The molecule has 0 bridgehead atoms. The number of carbonyl (C=O) groups is 2. The molecule has 1 unspecified atom stereocenters. The predicted octanol–water partition coefficient (Wildman–Crippen LogP) is 0.762. The zero-order valence-electron chi connectivity index (χ0n) is 7.75. The number of carboxylic acids is 1. The van der Waals surface area contributed by atoms with Crippen molar-refractivity contribution in [3.63, 3.8) is 0 Å². The number of hydrogen-bond acceptors (Lipinski definition) is 5. The molecule has 1 aromatic heterocycles. The molecule has 0 amide bonds. The molecule has 0 aliphatic heterocycles. The molecule has 0 aliphatic carbocycles. The van der Waals surface area contributed by atoms with Crippen LogP contribution in [0, 0.1) is 0 Å². The lowest BCUT2D eigenvalue weighted by Gasteiger charge is -2.13. The van der Waals surface area contributed by atoms with Gasteiger partial charge in [0.05, 0.1) is 0 Å². The third-order valence-electron chi connectivity index (χ3n) is 1.60. The molecule has 82 valence electrons. The van der Waals surface area contributed by atoms with Gasteiger partial charge in [0.2, 0.25) is 0 Å². The molecular formula is C8H9NO5S. The maximum absolute atomic E-state index is 10.8. The fraction of sp³-hybridized carbons (Fsp3) is 0.250. The molecular weight excluding hydrogens is 222 g/mol. The molecule has 0 saturated heterocycles. The number of aromatic nitrogens is 1. The highest BCUT2D eigenvalue weighted by atomic mass is 32.2. The summed E-state index contributed by atoms with van der Waals surface area (Å²) >= 11 is 0.498. The van der Waals surface area contributed by atoms with Crippen LogP contribution in [0.25, 0.3) is 0 Å². The first-order chi connectivity index (χ1) is 6.93. The Balaban J connectivity index is 3.09. The fourth-order valence-electron chi connectivity index (χ4n) is 1.04. The van der Waals surface area contributed by atoms with Crippen molar-refractivity contribution in [1.29, 1.82) is 0 Å². The van der Waals surface area contributed by atoms with Crippen molar-refractivity contribution < 1.29 is 24.9 Å². The predicted molar refractivity (Wildman–Crippen MR) is 52.7 cm³/mol. The van der Waals surface area contributed by atoms with Gasteiger partial charge in [-0.05, 0) is 0 Å². The van der Waals surface area contributed by atoms with E-state index in [-0.39, 0.29) is 0 Å². The number of nitrogens with zero attached hydrogens (tertiary/aromatic N) is 1. The van der Waals surface area contributed by atoms with E-state index in [4.69, 9.17) is 5.11 Å². The van der Waals surface area contributed by atoms with Crippen LogP contribution in [0.2, 0.25) is 0 Å². The molecule has 1 heterocycles. The largest absolute Gasteiger partial charge is 0.494 e. The average molecular weight is 231 g/mol. The van der Waals surface area contributed by atoms with Crippen LogP contribution in [0.4, 0.5) is 0 Å². The first-order valence-corrected chi connectivity index (χ1v) is 4.80. The molecule has 0 fully saturated rings. The topological polar surface area (TPSA) is 99.8 Å². The quantitative estimate of drug-likeness (QED) is 0.710. The summed E-state index contributed by atoms with van der Waals surface area (Å²) in [6.07, 6.45) is 0. The van der Waals surface area contributed by atoms with Gasteiger partial charge in [-0.3, -0.25) is 9.36 Å². The lowest BCUT2D eigenvalue weighted by Crippen LogP contribution is -2.16. The molecule has 15 heavy (non-hydrogen) atoms. The second kappa shape index (κ2) is 4.26. The standard InChI is InChI=1S/C8H9NO5S/c1-4(10)15-7(8(13)14)9-5(11)2-3-6(9)12/h2-3,7,11-12H,1H3,(H,13,14). The van der Waals surface area contributed by atoms with E-state index in [0.29, 0.717) is 11.8 Å². The number of rotatable bonds is 3. The molecule has 0 radical (unpaired) electrons. The average Bonchev–Trinajstić information content (AvgIpc) is 2.42. The number of carbonyl (C=O) groups excluding carboxylic acids is 1. The van der Waals surface area contributed by atoms with Crippen LogP contribution in [0.5, 0.6) is 11.8 Å². The van der Waals surface area contributed by atoms with E-state index >= 15 is 0 Å². The van der Waals surface area contributed by atoms with Crippen molar-refractivity contribution >= 4 is 22.8 Å². The monoisotopic (exact) mass is 231 g/mol. The van der Waals surface area contributed by atoms with Gasteiger partial charge >= 0.3 is 5.97 Å². The minimum absolute atomic E-state index is 0.409. The van der Waals surface area contributed by atoms with Gasteiger partial charge in [0, 0.05) is 19.1 Å². The third-order valence-corrected chi connectivity index (χ3v) is 2.57. The summed E-state index contributed by atoms with van der Waals surface area (Å²) in [6.45, 7) is 1.21. The van der Waals surface area contributed by atoms with E-state index < -0.39 is 28.2 Å². The van der Waals surface area contributed by atoms with Gasteiger partial charge in [0.15, 0.2) is 22.2 Å². The number of thioether (sulfide) groups is 1. The van der Waals surface area contributed by atoms with E-state index in [0.717, 1.165) is 16.7 Å². The van der Waals surface area contributed by atoms with Gasteiger partial charge in [-0.1, -0.05) is 11.8 Å². The summed E-state index contributed by atoms with van der Waals surface area (Å²) in [5.74, 6) is -2.14. The maximum atomic E-state index is 10.8. The molecule has 0 aliphatic rings. The van der Waals surface area contributed by atoms with Crippen molar-refractivity contribution in [3.8, 4) is 11.8 Å². The number of carboxylic acid groups (broad SMARTS) is 1. The Morgan fingerprint density at radius 1 is 1.33 bits per heavy atom. The molecule has 0 spiro atoms. The van der Waals surface area contributed by atoms with Crippen LogP contribution in [0.15, 0.2) is 12.1 Å². The molecule has 1 aromatic rings. The Morgan fingerprint density at radius 2 is 1.80 bits per heavy atom. The van der Waals surface area contributed by atoms with Crippen molar-refractivity contribution in [2.45, 2.75) is 12.3 Å². The summed E-state index contributed by atoms with van der Waals surface area (Å²) in [7, 11) is 0. The molecule has 3 N–H and O–H groups in total. The first-order valence-electron chi connectivity index (χ1n) is 3.92. The van der Waals surface area contributed by atoms with Crippen molar-refractivity contribution in [1.82, 2.24) is 4.57 Å². The van der Waals surface area contributed by atoms with E-state index in [1.807, 2.05) is 0 Å². The summed E-state index contributed by atoms with van der Waals surface area (Å²) in [5, 5.41) is 25.6. The molecule has 1 atom stereocenters. The zero-order chi connectivity index (χ0) is 11.6. The van der Waals surface area contributed by atoms with E-state index in [2.05, 4.69) is 0 Å². The third kappa shape index (κ3) is 2.44. The highest BCUT2D eigenvalue weighted by Crippen LogP contribution is 2.33. The van der Waals surface area contributed by atoms with Gasteiger partial charge in [0.25, 0.3) is 0 Å². The van der Waals surface area contributed by atoms with Crippen molar-refractivity contribution in [2.75, 3.05) is 0 Å². The number of aromatic hydroxyl groups is 2. The van der Waals surface area contributed by atoms with Crippen molar-refractivity contribution in [2.24, 2.45) is 0 Å². The Labute approximate surface area is 89.1 Å². The highest BCUT2D eigenvalue weighted by molar-refractivity contribution is 8.14. The molecule has 1 rings (SSSR count). The highest BCUT2D eigenvalue weighted by Gasteiger charge is 2.26. The van der Waals surface area contributed by atoms with E-state index in [9.17, 15) is 19.8 Å². The van der Waals surface area contributed by atoms with Gasteiger partial charge in [0.1, 0.15) is 0 Å². The molecule has 6 nitrogen and oxygen atoms in total. The Kier molecular flexibility index (Phi) is 3.25. The first kappa shape index (κ1) is 11.4. The zero-order valence-corrected chi connectivity index (χ0v) is 8.56. The maximum Gasteiger partial charge on any atom is 0.338 e. The van der Waals surface area contributed by atoms with Gasteiger partial charge in [-0.15, -0.1) is 0 Å². The Hall–Kier alpha value is -1.63. The normalized spacial score (nSPS) is 12.3. The van der Waals surface area contributed by atoms with E-state index in [1.54, 1.807) is 0 Å². The minimum atomic E-state index is -1.36. The lowest BCUT2D eigenvalue weighted by molar-refractivity contribution is -0.138. The van der Waals surface area contributed by atoms with E-state index in [1.165, 1.54) is 6.92 Å². The van der Waals surface area contributed by atoms with Crippen LogP contribution in [-0.4, -0.2) is 31.0 Å². The second-order valence-corrected chi connectivity index (χ2v) is 3.98. The van der Waals surface area contributed by atoms with Crippen LogP contribution in [0.1, 0.15) is 12.3 Å². The number of hydrogen-bond donors (Lipinski definition) is 3. The Bertz CT molecular complexity index is 380. The second-order valence-electron chi connectivity index (χ2n) is 2.72. The van der Waals surface area contributed by atoms with Gasteiger partial charge in [-0.2, -0.15) is 0 Å². The molecule has 7 heteroatoms. The Morgan fingerprint density at radius 3 is 2.13 bits per heavy atom. The summed E-state index contributed by atoms with van der Waals surface area (Å²) < 4.78 is 0.758. The minimum Gasteiger partial charge on any atom is -0.494 e. The van der Waals surface area contributed by atoms with Crippen LogP contribution in [0.3, 0.4) is 0 Å². The molecule has 0 saturated carbocycles. The molecule has 0 aromatic carbocycles. The number of aliphatic carboxylic acids is 1. The van der Waals surface area contributed by atoms with Crippen LogP contribution in [-0.2, 0) is 9.59 Å². The summed E-state index contributed by atoms with van der Waals surface area (Å²) in [5.41, 5.74) is 0. The van der Waals surface area contributed by atoms with Crippen LogP contribution < -0.4 is 0 Å². The summed E-state index contributed by atoms with van der Waals surface area (Å²) in [6, 6.07) is 2.29. The lowest BCUT2D eigenvalue weighted by atomic mass is 10.6. The smallest absolute Gasteiger partial charge is 0.338 e. The van der Waals surface area contributed by atoms with Crippen LogP contribution >= 0.6 is 11.8 Å². The van der Waals surface area contributed by atoms with Gasteiger partial charge in [-0.25, -0.2) is 4.79 Å². The fourth-order valence-corrected chi connectivity index (χ4v) is 1.77. The van der Waals surface area contributed by atoms with Crippen molar-refractivity contribution in [3.05, 3.63) is 12.1 Å². The van der Waals surface area contributed by atoms with Gasteiger partial charge < -0.3 is 15.3 Å².